The van der Waals surface area contributed by atoms with Crippen molar-refractivity contribution in [1.82, 2.24) is 0 Å². The van der Waals surface area contributed by atoms with E-state index in [0.29, 0.717) is 5.56 Å². The number of para-hydroxylation sites is 1. The van der Waals surface area contributed by atoms with Crippen molar-refractivity contribution < 1.29 is 17.5 Å². The molecule has 6 nitrogen and oxygen atoms in total. The number of nitrogens with zero attached hydrogens (tertiary/aromatic N) is 1. The van der Waals surface area contributed by atoms with Gasteiger partial charge in [-0.05, 0) is 48.7 Å². The zero-order chi connectivity index (χ0) is 19.6. The van der Waals surface area contributed by atoms with Gasteiger partial charge in [0.05, 0.1) is 4.92 Å². The van der Waals surface area contributed by atoms with Gasteiger partial charge in [-0.1, -0.05) is 48.0 Å². The first-order valence-electron chi connectivity index (χ1n) is 8.13. The lowest BCUT2D eigenvalue weighted by molar-refractivity contribution is -0.387. The van der Waals surface area contributed by atoms with Crippen LogP contribution in [0.2, 0.25) is 0 Å². The monoisotopic (exact) mass is 383 g/mol. The van der Waals surface area contributed by atoms with Gasteiger partial charge in [0.15, 0.2) is 4.90 Å². The molecule has 0 N–H and O–H groups in total. The second-order valence-corrected chi connectivity index (χ2v) is 7.62. The molecule has 0 aliphatic rings. The van der Waals surface area contributed by atoms with Gasteiger partial charge < -0.3 is 4.18 Å². The first-order chi connectivity index (χ1) is 12.8. The molecule has 0 fully saturated rings. The number of benzene rings is 3. The number of hydrogen-bond donors (Lipinski definition) is 0. The van der Waals surface area contributed by atoms with E-state index < -0.39 is 25.6 Å². The molecule has 7 heteroatoms. The molecule has 3 aromatic carbocycles. The summed E-state index contributed by atoms with van der Waals surface area (Å²) in [5, 5.41) is 11.1. The van der Waals surface area contributed by atoms with E-state index in [1.807, 2.05) is 37.3 Å². The minimum Gasteiger partial charge on any atom is -0.379 e. The summed E-state index contributed by atoms with van der Waals surface area (Å²) in [6.07, 6.45) is 0. The lowest BCUT2D eigenvalue weighted by atomic mass is 10.0. The Bertz CT molecular complexity index is 1110. The Kier molecular flexibility index (Phi) is 4.96. The fourth-order valence-electron chi connectivity index (χ4n) is 2.65. The minimum atomic E-state index is -4.34. The highest BCUT2D eigenvalue weighted by atomic mass is 32.2. The zero-order valence-corrected chi connectivity index (χ0v) is 15.6. The minimum absolute atomic E-state index is 0.129. The lowest BCUT2D eigenvalue weighted by Crippen LogP contribution is -2.12. The van der Waals surface area contributed by atoms with Crippen molar-refractivity contribution in [3.63, 3.8) is 0 Å². The first-order valence-corrected chi connectivity index (χ1v) is 9.54. The Morgan fingerprint density at radius 3 is 2.15 bits per heavy atom. The summed E-state index contributed by atoms with van der Waals surface area (Å²) in [4.78, 5) is 9.88. The van der Waals surface area contributed by atoms with Crippen LogP contribution < -0.4 is 4.18 Å². The van der Waals surface area contributed by atoms with Crippen LogP contribution in [0.5, 0.6) is 5.75 Å². The third kappa shape index (κ3) is 3.98. The highest BCUT2D eigenvalue weighted by Crippen LogP contribution is 2.30. The average molecular weight is 383 g/mol. The van der Waals surface area contributed by atoms with E-state index >= 15 is 0 Å². The van der Waals surface area contributed by atoms with E-state index in [2.05, 4.69) is 0 Å². The summed E-state index contributed by atoms with van der Waals surface area (Å²) in [5.41, 5.74) is 3.15. The van der Waals surface area contributed by atoms with Crippen LogP contribution in [0.1, 0.15) is 11.1 Å². The van der Waals surface area contributed by atoms with E-state index in [0.717, 1.165) is 28.8 Å². The Labute approximate surface area is 157 Å². The van der Waals surface area contributed by atoms with Crippen LogP contribution in [0.25, 0.3) is 11.1 Å². The largest absolute Gasteiger partial charge is 0.379 e. The summed E-state index contributed by atoms with van der Waals surface area (Å²) >= 11 is 0. The Morgan fingerprint density at radius 2 is 1.52 bits per heavy atom. The average Bonchev–Trinajstić information content (AvgIpc) is 2.64. The third-order valence-electron chi connectivity index (χ3n) is 4.09. The van der Waals surface area contributed by atoms with Gasteiger partial charge in [0, 0.05) is 6.07 Å². The van der Waals surface area contributed by atoms with E-state index in [4.69, 9.17) is 4.18 Å². The van der Waals surface area contributed by atoms with Gasteiger partial charge >= 0.3 is 10.1 Å². The molecule has 0 aliphatic heterocycles. The van der Waals surface area contributed by atoms with Crippen LogP contribution in [0.15, 0.2) is 71.6 Å². The van der Waals surface area contributed by atoms with Crippen LogP contribution in [-0.2, 0) is 10.1 Å². The maximum atomic E-state index is 12.5. The maximum Gasteiger partial charge on any atom is 0.346 e. The molecule has 0 aliphatic carbocycles. The molecule has 0 saturated carbocycles. The van der Waals surface area contributed by atoms with Crippen LogP contribution in [0.3, 0.4) is 0 Å². The smallest absolute Gasteiger partial charge is 0.346 e. The number of aryl methyl sites for hydroxylation is 2. The normalized spacial score (nSPS) is 11.2. The fourth-order valence-corrected chi connectivity index (χ4v) is 3.81. The van der Waals surface area contributed by atoms with Crippen molar-refractivity contribution >= 4 is 15.8 Å². The van der Waals surface area contributed by atoms with Crippen molar-refractivity contribution in [2.45, 2.75) is 18.7 Å². The number of nitro groups is 1. The van der Waals surface area contributed by atoms with Crippen LogP contribution in [0, 0.1) is 24.0 Å². The van der Waals surface area contributed by atoms with E-state index in [9.17, 15) is 18.5 Å². The van der Waals surface area contributed by atoms with Gasteiger partial charge in [-0.3, -0.25) is 10.1 Å². The molecule has 0 unspecified atom stereocenters. The molecule has 0 radical (unpaired) electrons. The van der Waals surface area contributed by atoms with Crippen molar-refractivity contribution in [1.29, 1.82) is 0 Å². The standard InChI is InChI=1S/C20H17NO5S/c1-14-7-9-16(10-8-14)17-11-12-19(15(2)13-17)26-27(24,25)20-6-4-3-5-18(20)21(22)23/h3-13H,1-2H3. The topological polar surface area (TPSA) is 86.5 Å². The second-order valence-electron chi connectivity index (χ2n) is 6.11. The lowest BCUT2D eigenvalue weighted by Gasteiger charge is -2.11. The molecule has 3 rings (SSSR count). The molecule has 0 aromatic heterocycles. The molecular formula is C20H17NO5S. The molecule has 0 spiro atoms. The van der Waals surface area contributed by atoms with E-state index in [1.165, 1.54) is 12.1 Å². The first kappa shape index (κ1) is 18.6. The molecule has 3 aromatic rings. The van der Waals surface area contributed by atoms with Crippen LogP contribution in [-0.4, -0.2) is 13.3 Å². The van der Waals surface area contributed by atoms with Gasteiger partial charge in [0.25, 0.3) is 5.69 Å². The molecule has 0 heterocycles. The SMILES string of the molecule is Cc1ccc(-c2ccc(OS(=O)(=O)c3ccccc3[N+](=O)[O-])c(C)c2)cc1. The highest BCUT2D eigenvalue weighted by Gasteiger charge is 2.27. The Hall–Kier alpha value is -3.19. The van der Waals surface area contributed by atoms with Crippen molar-refractivity contribution in [2.24, 2.45) is 0 Å². The van der Waals surface area contributed by atoms with Crippen molar-refractivity contribution in [3.8, 4) is 16.9 Å². The molecule has 138 valence electrons. The zero-order valence-electron chi connectivity index (χ0n) is 14.7. The molecule has 0 atom stereocenters. The van der Waals surface area contributed by atoms with Crippen molar-refractivity contribution in [3.05, 3.63) is 88.0 Å². The van der Waals surface area contributed by atoms with Crippen LogP contribution >= 0.6 is 0 Å². The maximum absolute atomic E-state index is 12.5. The van der Waals surface area contributed by atoms with Gasteiger partial charge in [0.2, 0.25) is 0 Å². The highest BCUT2D eigenvalue weighted by molar-refractivity contribution is 7.87. The van der Waals surface area contributed by atoms with Crippen LogP contribution in [0.4, 0.5) is 5.69 Å². The van der Waals surface area contributed by atoms with E-state index in [1.54, 1.807) is 19.1 Å². The molecule has 0 saturated heterocycles. The number of nitro benzene ring substituents is 1. The summed E-state index contributed by atoms with van der Waals surface area (Å²) in [5.74, 6) is 0.129. The Morgan fingerprint density at radius 1 is 0.889 bits per heavy atom. The van der Waals surface area contributed by atoms with Gasteiger partial charge in [-0.25, -0.2) is 0 Å². The molecule has 0 bridgehead atoms. The molecular weight excluding hydrogens is 366 g/mol. The molecule has 27 heavy (non-hydrogen) atoms. The summed E-state index contributed by atoms with van der Waals surface area (Å²) in [6, 6.07) is 18.2. The number of rotatable bonds is 5. The predicted octanol–water partition coefficient (Wildman–Crippen LogP) is 4.65. The summed E-state index contributed by atoms with van der Waals surface area (Å²) < 4.78 is 30.3. The van der Waals surface area contributed by atoms with E-state index in [-0.39, 0.29) is 5.75 Å². The Balaban J connectivity index is 1.94. The summed E-state index contributed by atoms with van der Waals surface area (Å²) in [6.45, 7) is 3.72. The summed E-state index contributed by atoms with van der Waals surface area (Å²) in [7, 11) is -4.34. The quantitative estimate of drug-likeness (QED) is 0.364. The number of hydrogen-bond acceptors (Lipinski definition) is 5. The fraction of sp³-hybridized carbons (Fsp3) is 0.100. The predicted molar refractivity (Wildman–Crippen MR) is 102 cm³/mol. The molecule has 0 amide bonds. The van der Waals surface area contributed by atoms with Gasteiger partial charge in [0.1, 0.15) is 5.75 Å². The van der Waals surface area contributed by atoms with Gasteiger partial charge in [-0.2, -0.15) is 8.42 Å². The second kappa shape index (κ2) is 7.20. The van der Waals surface area contributed by atoms with Crippen molar-refractivity contribution in [2.75, 3.05) is 0 Å². The third-order valence-corrected chi connectivity index (χ3v) is 5.37. The van der Waals surface area contributed by atoms with Gasteiger partial charge in [-0.15, -0.1) is 0 Å².